The van der Waals surface area contributed by atoms with Crippen molar-refractivity contribution in [1.82, 2.24) is 0 Å². The second-order valence-corrected chi connectivity index (χ2v) is 8.76. The van der Waals surface area contributed by atoms with Gasteiger partial charge in [-0.25, -0.2) is 4.79 Å². The van der Waals surface area contributed by atoms with E-state index < -0.39 is 30.1 Å². The zero-order valence-corrected chi connectivity index (χ0v) is 20.1. The molecule has 1 aromatic rings. The molecule has 0 bridgehead atoms. The summed E-state index contributed by atoms with van der Waals surface area (Å²) in [6, 6.07) is 3.38. The summed E-state index contributed by atoms with van der Waals surface area (Å²) in [5.41, 5.74) is 0.859. The number of carbonyl (C=O) groups is 1. The minimum atomic E-state index is -0.861. The molecule has 0 spiro atoms. The zero-order chi connectivity index (χ0) is 24.2. The zero-order valence-electron chi connectivity index (χ0n) is 20.1. The van der Waals surface area contributed by atoms with Crippen LogP contribution in [0.5, 0.6) is 11.5 Å². The van der Waals surface area contributed by atoms with Crippen molar-refractivity contribution in [2.24, 2.45) is 5.92 Å². The highest BCUT2D eigenvalue weighted by Gasteiger charge is 2.43. The van der Waals surface area contributed by atoms with E-state index in [1.165, 1.54) is 7.11 Å². The lowest BCUT2D eigenvalue weighted by molar-refractivity contribution is -0.152. The molecule has 33 heavy (non-hydrogen) atoms. The summed E-state index contributed by atoms with van der Waals surface area (Å²) >= 11 is 0. The topological polar surface area (TPSA) is 92.7 Å². The van der Waals surface area contributed by atoms with Gasteiger partial charge in [0.1, 0.15) is 35.4 Å². The third kappa shape index (κ3) is 6.14. The van der Waals surface area contributed by atoms with Crippen LogP contribution in [0.2, 0.25) is 0 Å². The van der Waals surface area contributed by atoms with E-state index in [9.17, 15) is 9.90 Å². The van der Waals surface area contributed by atoms with Gasteiger partial charge in [-0.2, -0.15) is 0 Å². The monoisotopic (exact) mass is 462 g/mol. The van der Waals surface area contributed by atoms with E-state index in [-0.39, 0.29) is 24.4 Å². The Bertz CT molecular complexity index is 891. The Hall–Kier alpha value is -2.39. The summed E-state index contributed by atoms with van der Waals surface area (Å²) in [6.45, 7) is 7.34. The molecule has 0 amide bonds. The van der Waals surface area contributed by atoms with Crippen molar-refractivity contribution in [3.05, 3.63) is 41.5 Å². The maximum atomic E-state index is 13.2. The molecule has 0 aromatic heterocycles. The van der Waals surface area contributed by atoms with Gasteiger partial charge in [-0.3, -0.25) is 0 Å². The Labute approximate surface area is 195 Å². The number of hydrogen-bond donors (Lipinski definition) is 1. The Morgan fingerprint density at radius 2 is 1.91 bits per heavy atom. The average Bonchev–Trinajstić information content (AvgIpc) is 3.08. The van der Waals surface area contributed by atoms with Gasteiger partial charge >= 0.3 is 5.97 Å². The van der Waals surface area contributed by atoms with Crippen molar-refractivity contribution in [2.75, 3.05) is 21.0 Å². The molecule has 1 fully saturated rings. The summed E-state index contributed by atoms with van der Waals surface area (Å²) in [7, 11) is 3.05. The number of benzene rings is 1. The third-order valence-corrected chi connectivity index (χ3v) is 5.75. The minimum Gasteiger partial charge on any atom is -0.497 e. The largest absolute Gasteiger partial charge is 0.497 e. The van der Waals surface area contributed by atoms with Crippen LogP contribution in [0.4, 0.5) is 0 Å². The van der Waals surface area contributed by atoms with E-state index in [2.05, 4.69) is 0 Å². The van der Waals surface area contributed by atoms with Gasteiger partial charge in [0.15, 0.2) is 12.6 Å². The summed E-state index contributed by atoms with van der Waals surface area (Å²) in [5.74, 6) is -0.656. The number of ether oxygens (including phenoxy) is 6. The number of esters is 1. The van der Waals surface area contributed by atoms with Gasteiger partial charge in [0.25, 0.3) is 0 Å². The molecule has 1 N–H and O–H groups in total. The van der Waals surface area contributed by atoms with Crippen LogP contribution in [0.15, 0.2) is 30.4 Å². The molecule has 1 aromatic carbocycles. The van der Waals surface area contributed by atoms with E-state index in [4.69, 9.17) is 28.4 Å². The molecule has 2 aliphatic rings. The number of methoxy groups -OCH3 is 2. The van der Waals surface area contributed by atoms with Crippen LogP contribution in [0.1, 0.15) is 50.0 Å². The number of aliphatic hydroxyl groups excluding tert-OH is 1. The van der Waals surface area contributed by atoms with Gasteiger partial charge in [-0.15, -0.1) is 0 Å². The number of aliphatic hydroxyl groups is 1. The smallest absolute Gasteiger partial charge is 0.342 e. The summed E-state index contributed by atoms with van der Waals surface area (Å²) in [6.07, 6.45) is 5.44. The van der Waals surface area contributed by atoms with E-state index >= 15 is 0 Å². The molecule has 0 aliphatic carbocycles. The number of carbonyl (C=O) groups excluding carboxylic acids is 1. The second-order valence-electron chi connectivity index (χ2n) is 8.76. The first kappa shape index (κ1) is 25.2. The highest BCUT2D eigenvalue weighted by molar-refractivity contribution is 5.97. The first-order chi connectivity index (χ1) is 15.6. The van der Waals surface area contributed by atoms with Gasteiger partial charge in [-0.1, -0.05) is 31.2 Å². The maximum absolute atomic E-state index is 13.2. The maximum Gasteiger partial charge on any atom is 0.342 e. The number of rotatable bonds is 4. The predicted molar refractivity (Wildman–Crippen MR) is 122 cm³/mol. The van der Waals surface area contributed by atoms with Crippen LogP contribution in [0.3, 0.4) is 0 Å². The number of cyclic esters (lactones) is 1. The lowest BCUT2D eigenvalue weighted by atomic mass is 9.99. The normalized spacial score (nSPS) is 30.5. The Balaban J connectivity index is 2.06. The second kappa shape index (κ2) is 10.7. The lowest BCUT2D eigenvalue weighted by Gasteiger charge is -2.23. The fourth-order valence-electron chi connectivity index (χ4n) is 3.87. The van der Waals surface area contributed by atoms with Crippen LogP contribution in [0, 0.1) is 5.92 Å². The average molecular weight is 463 g/mol. The van der Waals surface area contributed by atoms with Gasteiger partial charge in [0.05, 0.1) is 13.2 Å². The van der Waals surface area contributed by atoms with Crippen LogP contribution < -0.4 is 9.47 Å². The predicted octanol–water partition coefficient (Wildman–Crippen LogP) is 3.71. The first-order valence-electron chi connectivity index (χ1n) is 11.1. The number of hydrogen-bond acceptors (Lipinski definition) is 8. The first-order valence-corrected chi connectivity index (χ1v) is 11.1. The van der Waals surface area contributed by atoms with Crippen molar-refractivity contribution in [2.45, 2.75) is 64.3 Å². The van der Waals surface area contributed by atoms with Crippen molar-refractivity contribution in [1.29, 1.82) is 0 Å². The molecular weight excluding hydrogens is 428 g/mol. The third-order valence-electron chi connectivity index (χ3n) is 5.75. The summed E-state index contributed by atoms with van der Waals surface area (Å²) < 4.78 is 33.9. The Morgan fingerprint density at radius 3 is 2.61 bits per heavy atom. The van der Waals surface area contributed by atoms with Crippen LogP contribution >= 0.6 is 0 Å². The van der Waals surface area contributed by atoms with Crippen molar-refractivity contribution < 1.29 is 38.3 Å². The molecule has 2 heterocycles. The molecule has 0 radical (unpaired) electrons. The van der Waals surface area contributed by atoms with Crippen molar-refractivity contribution in [3.63, 3.8) is 0 Å². The molecule has 2 aliphatic heterocycles. The van der Waals surface area contributed by atoms with Crippen LogP contribution in [-0.2, 0) is 18.9 Å². The molecule has 3 rings (SSSR count). The number of fused-ring (bicyclic) bond motifs is 2. The van der Waals surface area contributed by atoms with Gasteiger partial charge < -0.3 is 33.5 Å². The van der Waals surface area contributed by atoms with Gasteiger partial charge in [0.2, 0.25) is 0 Å². The quantitative estimate of drug-likeness (QED) is 0.411. The molecular formula is C25H34O8. The highest BCUT2D eigenvalue weighted by atomic mass is 16.8. The van der Waals surface area contributed by atoms with E-state index in [1.54, 1.807) is 38.3 Å². The molecule has 182 valence electrons. The van der Waals surface area contributed by atoms with E-state index in [0.717, 1.165) is 0 Å². The van der Waals surface area contributed by atoms with Crippen molar-refractivity contribution in [3.8, 4) is 11.5 Å². The molecule has 8 heteroatoms. The van der Waals surface area contributed by atoms with Crippen LogP contribution in [-0.4, -0.2) is 62.3 Å². The standard InChI is InChI=1S/C25H34O8/c1-15-10-11-19(26)23-20(32-25(3,4)33-23)9-7-8-17-12-18(29-6)13-21(30-14-28-5)22(17)24(27)31-16(15)2/h7-8,10-13,15-16,19-20,23,26H,9,14H2,1-6H3/b8-7?,11-10-/t15-,16+,19?,20+,23-/m1/s1. The Morgan fingerprint density at radius 1 is 1.15 bits per heavy atom. The van der Waals surface area contributed by atoms with Gasteiger partial charge in [0, 0.05) is 19.1 Å². The highest BCUT2D eigenvalue weighted by Crippen LogP contribution is 2.35. The SMILES string of the molecule is COCOc1cc(OC)cc2c1C(=O)O[C@@H](C)[C@H](C)/C=C\C(O)[C@H]1OC(C)(C)O[C@H]1CC=C2. The van der Waals surface area contributed by atoms with Gasteiger partial charge in [-0.05, 0) is 38.8 Å². The molecule has 1 unspecified atom stereocenters. The van der Waals surface area contributed by atoms with E-state index in [0.29, 0.717) is 23.5 Å². The fourth-order valence-corrected chi connectivity index (χ4v) is 3.87. The summed E-state index contributed by atoms with van der Waals surface area (Å²) in [5, 5.41) is 10.8. The van der Waals surface area contributed by atoms with Crippen LogP contribution in [0.25, 0.3) is 6.08 Å². The fraction of sp³-hybridized carbons (Fsp3) is 0.560. The minimum absolute atomic E-state index is 0.0345. The summed E-state index contributed by atoms with van der Waals surface area (Å²) in [4.78, 5) is 13.2. The lowest BCUT2D eigenvalue weighted by Crippen LogP contribution is -2.34. The van der Waals surface area contributed by atoms with Crippen molar-refractivity contribution >= 4 is 12.0 Å². The molecule has 5 atom stereocenters. The molecule has 0 saturated carbocycles. The van der Waals surface area contributed by atoms with E-state index in [1.807, 2.05) is 32.9 Å². The Kier molecular flexibility index (Phi) is 8.18. The molecule has 1 saturated heterocycles. The molecule has 8 nitrogen and oxygen atoms in total.